The summed E-state index contributed by atoms with van der Waals surface area (Å²) in [7, 11) is -3.56. The first-order chi connectivity index (χ1) is 13.3. The average Bonchev–Trinajstić information content (AvgIpc) is 3.27. The summed E-state index contributed by atoms with van der Waals surface area (Å²) < 4.78 is 54.1. The zero-order chi connectivity index (χ0) is 20.1. The second kappa shape index (κ2) is 6.98. The van der Waals surface area contributed by atoms with Crippen molar-refractivity contribution in [3.8, 4) is 0 Å². The lowest BCUT2D eigenvalue weighted by Crippen LogP contribution is -2.34. The Morgan fingerprint density at radius 1 is 1.29 bits per heavy atom. The number of aryl methyl sites for hydroxylation is 2. The van der Waals surface area contributed by atoms with Gasteiger partial charge in [0.15, 0.2) is 9.86 Å². The zero-order valence-corrected chi connectivity index (χ0v) is 16.8. The van der Waals surface area contributed by atoms with E-state index < -0.39 is 22.3 Å². The van der Waals surface area contributed by atoms with Gasteiger partial charge in [-0.3, -0.25) is 0 Å². The topological polar surface area (TPSA) is 80.5 Å². The molecule has 148 valence electrons. The van der Waals surface area contributed by atoms with Gasteiger partial charge in [-0.05, 0) is 43.0 Å². The summed E-state index contributed by atoms with van der Waals surface area (Å²) in [5, 5.41) is 4.52. The predicted molar refractivity (Wildman–Crippen MR) is 101 cm³/mol. The van der Waals surface area contributed by atoms with Crippen molar-refractivity contribution >= 4 is 32.6 Å². The minimum absolute atomic E-state index is 0.238. The molecule has 3 aromatic heterocycles. The zero-order valence-electron chi connectivity index (χ0n) is 15.1. The standard InChI is InChI=1S/C17H17F2N5O2S2/c1-10-7-14-21-17(16(18)19)22-24(14)9-13(10)12-3-5-23(6-4-12)28(25,26)15-8-20-11(2)27-15/h3,7-9,16H,4-6H2,1-2H3. The van der Waals surface area contributed by atoms with Gasteiger partial charge in [0.1, 0.15) is 0 Å². The molecule has 4 heterocycles. The van der Waals surface area contributed by atoms with Crippen molar-refractivity contribution in [3.63, 3.8) is 0 Å². The summed E-state index contributed by atoms with van der Waals surface area (Å²) in [4.78, 5) is 7.85. The maximum Gasteiger partial charge on any atom is 0.299 e. The molecule has 0 fully saturated rings. The Balaban J connectivity index is 1.62. The summed E-state index contributed by atoms with van der Waals surface area (Å²) in [6, 6.07) is 1.71. The molecule has 3 aromatic rings. The van der Waals surface area contributed by atoms with Gasteiger partial charge in [0.2, 0.25) is 5.82 Å². The van der Waals surface area contributed by atoms with Crippen LogP contribution in [0.15, 0.2) is 28.7 Å². The molecule has 11 heteroatoms. The third-order valence-corrected chi connectivity index (χ3v) is 7.82. The number of alkyl halides is 2. The van der Waals surface area contributed by atoms with E-state index in [0.29, 0.717) is 23.6 Å². The minimum Gasteiger partial charge on any atom is -0.249 e. The number of aromatic nitrogens is 4. The van der Waals surface area contributed by atoms with Gasteiger partial charge in [-0.15, -0.1) is 16.4 Å². The van der Waals surface area contributed by atoms with Crippen LogP contribution < -0.4 is 0 Å². The highest BCUT2D eigenvalue weighted by Gasteiger charge is 2.28. The van der Waals surface area contributed by atoms with Crippen LogP contribution in [0.1, 0.15) is 34.8 Å². The van der Waals surface area contributed by atoms with Crippen molar-refractivity contribution in [1.29, 1.82) is 0 Å². The van der Waals surface area contributed by atoms with Crippen LogP contribution in [0.2, 0.25) is 0 Å². The fourth-order valence-electron chi connectivity index (χ4n) is 3.17. The molecule has 0 saturated heterocycles. The molecule has 0 saturated carbocycles. The number of sulfonamides is 1. The number of hydrogen-bond acceptors (Lipinski definition) is 6. The Hall–Kier alpha value is -2.24. The van der Waals surface area contributed by atoms with E-state index in [1.807, 2.05) is 13.0 Å². The maximum absolute atomic E-state index is 12.8. The van der Waals surface area contributed by atoms with Crippen molar-refractivity contribution in [2.45, 2.75) is 30.9 Å². The molecule has 1 aliphatic heterocycles. The number of hydrogen-bond donors (Lipinski definition) is 0. The van der Waals surface area contributed by atoms with E-state index in [-0.39, 0.29) is 10.8 Å². The van der Waals surface area contributed by atoms with Gasteiger partial charge in [0.05, 0.1) is 11.2 Å². The molecule has 4 rings (SSSR count). The average molecular weight is 425 g/mol. The second-order valence-corrected chi connectivity index (χ2v) is 9.88. The molecule has 0 N–H and O–H groups in total. The Bertz CT molecular complexity index is 1180. The van der Waals surface area contributed by atoms with Crippen LogP contribution in [0.25, 0.3) is 11.2 Å². The monoisotopic (exact) mass is 425 g/mol. The van der Waals surface area contributed by atoms with Crippen LogP contribution in [-0.2, 0) is 10.0 Å². The normalized spacial score (nSPS) is 16.1. The predicted octanol–water partition coefficient (Wildman–Crippen LogP) is 3.22. The molecule has 0 unspecified atom stereocenters. The first-order valence-corrected chi connectivity index (χ1v) is 10.8. The molecule has 0 radical (unpaired) electrons. The molecule has 0 atom stereocenters. The highest BCUT2D eigenvalue weighted by atomic mass is 32.2. The summed E-state index contributed by atoms with van der Waals surface area (Å²) >= 11 is 1.15. The number of nitrogens with zero attached hydrogens (tertiary/aromatic N) is 5. The molecule has 1 aliphatic rings. The lowest BCUT2D eigenvalue weighted by molar-refractivity contribution is 0.140. The van der Waals surface area contributed by atoms with Gasteiger partial charge in [-0.25, -0.2) is 31.7 Å². The van der Waals surface area contributed by atoms with Crippen LogP contribution in [0.5, 0.6) is 0 Å². The molecule has 7 nitrogen and oxygen atoms in total. The lowest BCUT2D eigenvalue weighted by Gasteiger charge is -2.25. The smallest absolute Gasteiger partial charge is 0.249 e. The SMILES string of the molecule is Cc1ncc(S(=O)(=O)N2CC=C(c3cn4nc(C(F)F)nc4cc3C)CC2)s1. The molecule has 0 spiro atoms. The molecular weight excluding hydrogens is 408 g/mol. The summed E-state index contributed by atoms with van der Waals surface area (Å²) in [6.45, 7) is 4.21. The van der Waals surface area contributed by atoms with Gasteiger partial charge in [-0.2, -0.15) is 4.31 Å². The van der Waals surface area contributed by atoms with E-state index >= 15 is 0 Å². The molecule has 0 bridgehead atoms. The van der Waals surface area contributed by atoms with Gasteiger partial charge in [-0.1, -0.05) is 6.08 Å². The minimum atomic E-state index is -3.56. The van der Waals surface area contributed by atoms with Gasteiger partial charge >= 0.3 is 0 Å². The Labute approximate surface area is 164 Å². The highest BCUT2D eigenvalue weighted by molar-refractivity contribution is 7.91. The van der Waals surface area contributed by atoms with Gasteiger partial charge in [0, 0.05) is 19.3 Å². The number of pyridine rings is 1. The molecule has 0 aromatic carbocycles. The Kier molecular flexibility index (Phi) is 4.76. The number of halogens is 2. The van der Waals surface area contributed by atoms with Crippen molar-refractivity contribution < 1.29 is 17.2 Å². The fourth-order valence-corrected chi connectivity index (χ4v) is 5.82. The molecular formula is C17H17F2N5O2S2. The van der Waals surface area contributed by atoms with Crippen LogP contribution >= 0.6 is 11.3 Å². The molecule has 0 aliphatic carbocycles. The first-order valence-electron chi connectivity index (χ1n) is 8.53. The van der Waals surface area contributed by atoms with Crippen LogP contribution in [-0.4, -0.2) is 45.4 Å². The first kappa shape index (κ1) is 19.1. The quantitative estimate of drug-likeness (QED) is 0.641. The Morgan fingerprint density at radius 2 is 2.07 bits per heavy atom. The largest absolute Gasteiger partial charge is 0.299 e. The van der Waals surface area contributed by atoms with E-state index in [4.69, 9.17) is 0 Å². The third kappa shape index (κ3) is 3.33. The highest BCUT2D eigenvalue weighted by Crippen LogP contribution is 2.30. The molecule has 0 amide bonds. The Morgan fingerprint density at radius 3 is 2.68 bits per heavy atom. The van der Waals surface area contributed by atoms with Gasteiger partial charge < -0.3 is 0 Å². The van der Waals surface area contributed by atoms with E-state index in [0.717, 1.165) is 28.0 Å². The van der Waals surface area contributed by atoms with Crippen molar-refractivity contribution in [3.05, 3.63) is 46.5 Å². The number of rotatable bonds is 4. The lowest BCUT2D eigenvalue weighted by atomic mass is 9.98. The second-order valence-electron chi connectivity index (χ2n) is 6.48. The van der Waals surface area contributed by atoms with E-state index in [1.165, 1.54) is 15.0 Å². The number of thiazole rings is 1. The van der Waals surface area contributed by atoms with E-state index in [2.05, 4.69) is 15.1 Å². The van der Waals surface area contributed by atoms with Crippen LogP contribution in [0, 0.1) is 13.8 Å². The maximum atomic E-state index is 12.8. The summed E-state index contributed by atoms with van der Waals surface area (Å²) in [5.41, 5.74) is 3.04. The van der Waals surface area contributed by atoms with Crippen LogP contribution in [0.3, 0.4) is 0 Å². The summed E-state index contributed by atoms with van der Waals surface area (Å²) in [6.07, 6.45) is 2.70. The van der Waals surface area contributed by atoms with Gasteiger partial charge in [0.25, 0.3) is 16.4 Å². The van der Waals surface area contributed by atoms with E-state index in [9.17, 15) is 17.2 Å². The number of fused-ring (bicyclic) bond motifs is 1. The van der Waals surface area contributed by atoms with E-state index in [1.54, 1.807) is 19.2 Å². The van der Waals surface area contributed by atoms with Crippen molar-refractivity contribution in [2.24, 2.45) is 0 Å². The van der Waals surface area contributed by atoms with Crippen molar-refractivity contribution in [1.82, 2.24) is 23.9 Å². The fraction of sp³-hybridized carbons (Fsp3) is 0.353. The summed E-state index contributed by atoms with van der Waals surface area (Å²) in [5.74, 6) is -0.508. The van der Waals surface area contributed by atoms with Crippen LogP contribution in [0.4, 0.5) is 8.78 Å². The third-order valence-electron chi connectivity index (χ3n) is 4.60. The van der Waals surface area contributed by atoms with Crippen molar-refractivity contribution in [2.75, 3.05) is 13.1 Å². The molecule has 28 heavy (non-hydrogen) atoms.